The van der Waals surface area contributed by atoms with Gasteiger partial charge in [-0.3, -0.25) is 14.8 Å². The predicted octanol–water partition coefficient (Wildman–Crippen LogP) is 4.92. The van der Waals surface area contributed by atoms with Crippen molar-refractivity contribution >= 4 is 16.7 Å². The van der Waals surface area contributed by atoms with Crippen molar-refractivity contribution in [3.8, 4) is 5.75 Å². The van der Waals surface area contributed by atoms with Crippen molar-refractivity contribution in [2.45, 2.75) is 70.1 Å². The summed E-state index contributed by atoms with van der Waals surface area (Å²) in [4.78, 5) is 17.4. The van der Waals surface area contributed by atoms with Crippen molar-refractivity contribution in [2.24, 2.45) is 0 Å². The molecule has 3 heterocycles. The molecular formula is C31H44N6O. The first-order valence-corrected chi connectivity index (χ1v) is 14.3. The summed E-state index contributed by atoms with van der Waals surface area (Å²) in [5.41, 5.74) is 5.35. The second-order valence-corrected chi connectivity index (χ2v) is 11.7. The van der Waals surface area contributed by atoms with Crippen LogP contribution >= 0.6 is 0 Å². The fourth-order valence-electron chi connectivity index (χ4n) is 6.71. The molecule has 0 bridgehead atoms. The molecule has 3 aromatic rings. The van der Waals surface area contributed by atoms with Gasteiger partial charge in [-0.05, 0) is 83.1 Å². The van der Waals surface area contributed by atoms with E-state index in [0.717, 1.165) is 68.6 Å². The van der Waals surface area contributed by atoms with Crippen LogP contribution < -0.4 is 10.2 Å². The van der Waals surface area contributed by atoms with Crippen molar-refractivity contribution in [2.75, 3.05) is 45.2 Å². The van der Waals surface area contributed by atoms with Gasteiger partial charge in [-0.2, -0.15) is 0 Å². The van der Waals surface area contributed by atoms with Crippen molar-refractivity contribution in [3.05, 3.63) is 59.9 Å². The molecule has 0 radical (unpaired) electrons. The van der Waals surface area contributed by atoms with Gasteiger partial charge in [0.05, 0.1) is 29.0 Å². The predicted molar refractivity (Wildman–Crippen MR) is 156 cm³/mol. The fourth-order valence-corrected chi connectivity index (χ4v) is 6.71. The third-order valence-electron chi connectivity index (χ3n) is 8.67. The quantitative estimate of drug-likeness (QED) is 0.462. The Hall–Kier alpha value is -2.74. The molecule has 3 unspecified atom stereocenters. The average Bonchev–Trinajstić information content (AvgIpc) is 2.90. The lowest BCUT2D eigenvalue weighted by Crippen LogP contribution is -2.55. The van der Waals surface area contributed by atoms with Crippen molar-refractivity contribution in [1.29, 1.82) is 0 Å². The first kappa shape index (κ1) is 26.9. The molecule has 5 rings (SSSR count). The number of benzene rings is 2. The summed E-state index contributed by atoms with van der Waals surface area (Å²) in [7, 11) is 4.30. The number of fused-ring (bicyclic) bond motifs is 1. The Kier molecular flexibility index (Phi) is 7.89. The molecular weight excluding hydrogens is 472 g/mol. The molecule has 2 aliphatic rings. The van der Waals surface area contributed by atoms with Crippen LogP contribution in [0.25, 0.3) is 11.0 Å². The number of nitrogens with one attached hydrogen (secondary N) is 1. The SMILES string of the molecule is CCCC(c1cnc2ccc(N3CCC(c4cccc(O)c4)(N(C)C)CC3)cc2n1)N1CC(C)NC(C)C1. The number of hydrogen-bond donors (Lipinski definition) is 2. The molecule has 1 aromatic heterocycles. The van der Waals surface area contributed by atoms with Crippen molar-refractivity contribution in [3.63, 3.8) is 0 Å². The highest BCUT2D eigenvalue weighted by molar-refractivity contribution is 5.79. The van der Waals surface area contributed by atoms with Crippen LogP contribution in [0.3, 0.4) is 0 Å². The molecule has 2 fully saturated rings. The Labute approximate surface area is 227 Å². The molecule has 3 atom stereocenters. The van der Waals surface area contributed by atoms with Gasteiger partial charge < -0.3 is 15.3 Å². The normalized spacial score (nSPS) is 23.2. The number of phenols is 1. The average molecular weight is 517 g/mol. The summed E-state index contributed by atoms with van der Waals surface area (Å²) < 4.78 is 0. The zero-order chi connectivity index (χ0) is 26.9. The van der Waals surface area contributed by atoms with Crippen LogP contribution in [0, 0.1) is 0 Å². The maximum atomic E-state index is 10.1. The fraction of sp³-hybridized carbons (Fsp3) is 0.548. The minimum Gasteiger partial charge on any atom is -0.508 e. The summed E-state index contributed by atoms with van der Waals surface area (Å²) in [6.07, 6.45) is 6.20. The Morgan fingerprint density at radius 3 is 2.45 bits per heavy atom. The molecule has 38 heavy (non-hydrogen) atoms. The highest BCUT2D eigenvalue weighted by Crippen LogP contribution is 2.40. The molecule has 7 heteroatoms. The number of piperidine rings is 1. The molecule has 7 nitrogen and oxygen atoms in total. The van der Waals surface area contributed by atoms with Crippen LogP contribution in [-0.2, 0) is 5.54 Å². The van der Waals surface area contributed by atoms with E-state index in [4.69, 9.17) is 9.97 Å². The van der Waals surface area contributed by atoms with Crippen LogP contribution in [0.1, 0.15) is 63.8 Å². The Morgan fingerprint density at radius 2 is 1.79 bits per heavy atom. The van der Waals surface area contributed by atoms with Crippen LogP contribution in [0.4, 0.5) is 5.69 Å². The zero-order valence-electron chi connectivity index (χ0n) is 23.7. The van der Waals surface area contributed by atoms with E-state index in [1.807, 2.05) is 18.3 Å². The molecule has 2 aliphatic heterocycles. The monoisotopic (exact) mass is 516 g/mol. The van der Waals surface area contributed by atoms with Gasteiger partial charge in [-0.1, -0.05) is 25.5 Å². The van der Waals surface area contributed by atoms with E-state index >= 15 is 0 Å². The largest absolute Gasteiger partial charge is 0.508 e. The van der Waals surface area contributed by atoms with Crippen molar-refractivity contribution in [1.82, 2.24) is 25.1 Å². The number of aromatic hydroxyl groups is 1. The van der Waals surface area contributed by atoms with E-state index in [9.17, 15) is 5.11 Å². The van der Waals surface area contributed by atoms with E-state index < -0.39 is 0 Å². The molecule has 0 amide bonds. The molecule has 0 spiro atoms. The molecule has 0 saturated carbocycles. The first-order chi connectivity index (χ1) is 18.3. The Bertz CT molecular complexity index is 1230. The number of aromatic nitrogens is 2. The Morgan fingerprint density at radius 1 is 1.05 bits per heavy atom. The maximum Gasteiger partial charge on any atom is 0.115 e. The third kappa shape index (κ3) is 5.37. The number of rotatable bonds is 7. The van der Waals surface area contributed by atoms with Gasteiger partial charge >= 0.3 is 0 Å². The molecule has 2 N–H and O–H groups in total. The standard InChI is InChI=1S/C31H44N6O/c1-6-8-30(37-20-22(2)33-23(3)21-37)29-19-32-27-12-11-25(18-28(27)34-29)36-15-13-31(14-16-36,35(4)5)24-9-7-10-26(38)17-24/h7,9-12,17-19,22-23,30,33,38H,6,8,13-16,20-21H2,1-5H3. The van der Waals surface area contributed by atoms with Gasteiger partial charge in [0.1, 0.15) is 5.75 Å². The highest BCUT2D eigenvalue weighted by atomic mass is 16.3. The topological polar surface area (TPSA) is 67.8 Å². The minimum absolute atomic E-state index is 0.0794. The third-order valence-corrected chi connectivity index (χ3v) is 8.67. The lowest BCUT2D eigenvalue weighted by Gasteiger charge is -2.47. The molecule has 2 aromatic carbocycles. The van der Waals surface area contributed by atoms with Crippen molar-refractivity contribution < 1.29 is 5.11 Å². The smallest absolute Gasteiger partial charge is 0.115 e. The van der Waals surface area contributed by atoms with Crippen LogP contribution in [0.2, 0.25) is 0 Å². The van der Waals surface area contributed by atoms with Gasteiger partial charge in [0, 0.05) is 49.5 Å². The van der Waals surface area contributed by atoms with E-state index in [1.54, 1.807) is 6.07 Å². The van der Waals surface area contributed by atoms with Gasteiger partial charge in [0.2, 0.25) is 0 Å². The zero-order valence-corrected chi connectivity index (χ0v) is 23.7. The first-order valence-electron chi connectivity index (χ1n) is 14.3. The Balaban J connectivity index is 1.38. The number of hydrogen-bond acceptors (Lipinski definition) is 7. The lowest BCUT2D eigenvalue weighted by molar-refractivity contribution is 0.114. The number of anilines is 1. The second-order valence-electron chi connectivity index (χ2n) is 11.7. The second kappa shape index (κ2) is 11.2. The number of piperazine rings is 1. The van der Waals surface area contributed by atoms with Crippen LogP contribution in [0.15, 0.2) is 48.7 Å². The molecule has 0 aliphatic carbocycles. The van der Waals surface area contributed by atoms with Gasteiger partial charge in [0.15, 0.2) is 0 Å². The highest BCUT2D eigenvalue weighted by Gasteiger charge is 2.38. The van der Waals surface area contributed by atoms with E-state index in [1.165, 1.54) is 11.3 Å². The number of nitrogens with zero attached hydrogens (tertiary/aromatic N) is 5. The molecule has 2 saturated heterocycles. The number of phenolic OH excluding ortho intramolecular Hbond substituents is 1. The van der Waals surface area contributed by atoms with Gasteiger partial charge in [-0.25, -0.2) is 4.98 Å². The van der Waals surface area contributed by atoms with Crippen LogP contribution in [0.5, 0.6) is 5.75 Å². The van der Waals surface area contributed by atoms with Gasteiger partial charge in [0.25, 0.3) is 0 Å². The summed E-state index contributed by atoms with van der Waals surface area (Å²) in [5.74, 6) is 0.334. The van der Waals surface area contributed by atoms with E-state index in [2.05, 4.69) is 79.1 Å². The maximum absolute atomic E-state index is 10.1. The van der Waals surface area contributed by atoms with Crippen LogP contribution in [-0.4, -0.2) is 77.2 Å². The summed E-state index contributed by atoms with van der Waals surface area (Å²) in [6.45, 7) is 10.8. The summed E-state index contributed by atoms with van der Waals surface area (Å²) in [6, 6.07) is 15.6. The lowest BCUT2D eigenvalue weighted by atomic mass is 9.79. The van der Waals surface area contributed by atoms with E-state index in [0.29, 0.717) is 23.9 Å². The molecule has 204 valence electrons. The summed E-state index contributed by atoms with van der Waals surface area (Å²) >= 11 is 0. The minimum atomic E-state index is -0.0794. The van der Waals surface area contributed by atoms with E-state index in [-0.39, 0.29) is 5.54 Å². The summed E-state index contributed by atoms with van der Waals surface area (Å²) in [5, 5.41) is 13.8. The van der Waals surface area contributed by atoms with Gasteiger partial charge in [-0.15, -0.1) is 0 Å².